The summed E-state index contributed by atoms with van der Waals surface area (Å²) in [4.78, 5) is 51.9. The molecule has 0 bridgehead atoms. The van der Waals surface area contributed by atoms with Gasteiger partial charge in [0.05, 0.1) is 30.4 Å². The number of methoxy groups -OCH3 is 1. The lowest BCUT2D eigenvalue weighted by atomic mass is 9.94. The van der Waals surface area contributed by atoms with Gasteiger partial charge in [-0.25, -0.2) is 19.2 Å². The van der Waals surface area contributed by atoms with Gasteiger partial charge in [-0.05, 0) is 62.2 Å². The van der Waals surface area contributed by atoms with Crippen LogP contribution in [0.5, 0.6) is 0 Å². The topological polar surface area (TPSA) is 135 Å². The molecule has 4 amide bonds. The summed E-state index contributed by atoms with van der Waals surface area (Å²) in [7, 11) is 1.51. The van der Waals surface area contributed by atoms with Crippen molar-refractivity contribution in [3.05, 3.63) is 70.9 Å². The molecule has 3 rings (SSSR count). The van der Waals surface area contributed by atoms with Gasteiger partial charge in [0, 0.05) is 30.7 Å². The maximum atomic E-state index is 13.1. The van der Waals surface area contributed by atoms with Crippen LogP contribution in [0, 0.1) is 0 Å². The highest BCUT2D eigenvalue weighted by Gasteiger charge is 2.36. The molecule has 0 spiro atoms. The zero-order valence-corrected chi connectivity index (χ0v) is 22.5. The lowest BCUT2D eigenvalue weighted by Gasteiger charge is -2.35. The molecule has 208 valence electrons. The van der Waals surface area contributed by atoms with Gasteiger partial charge >= 0.3 is 24.0 Å². The van der Waals surface area contributed by atoms with E-state index in [0.29, 0.717) is 46.7 Å². The number of ether oxygens (including phenoxy) is 3. The van der Waals surface area contributed by atoms with Crippen LogP contribution >= 0.6 is 0 Å². The highest BCUT2D eigenvalue weighted by Crippen LogP contribution is 2.32. The summed E-state index contributed by atoms with van der Waals surface area (Å²) < 4.78 is 15.3. The van der Waals surface area contributed by atoms with Crippen LogP contribution in [-0.4, -0.2) is 62.4 Å². The summed E-state index contributed by atoms with van der Waals surface area (Å²) in [5.74, 6) is -0.998. The zero-order valence-electron chi connectivity index (χ0n) is 22.5. The first-order valence-corrected chi connectivity index (χ1v) is 12.7. The minimum atomic E-state index is -0.777. The predicted molar refractivity (Wildman–Crippen MR) is 145 cm³/mol. The van der Waals surface area contributed by atoms with E-state index in [4.69, 9.17) is 14.2 Å². The van der Waals surface area contributed by atoms with E-state index in [-0.39, 0.29) is 25.9 Å². The fourth-order valence-corrected chi connectivity index (χ4v) is 4.08. The van der Waals surface area contributed by atoms with Gasteiger partial charge in [0.25, 0.3) is 0 Å². The number of nitrogens with zero attached hydrogens (tertiary/aromatic N) is 1. The summed E-state index contributed by atoms with van der Waals surface area (Å²) in [5.41, 5.74) is 2.71. The number of urea groups is 2. The van der Waals surface area contributed by atoms with Crippen LogP contribution in [0.4, 0.5) is 21.0 Å². The molecule has 2 aromatic carbocycles. The van der Waals surface area contributed by atoms with E-state index in [1.165, 1.54) is 12.0 Å². The molecule has 2 aromatic rings. The van der Waals surface area contributed by atoms with Crippen molar-refractivity contribution >= 4 is 35.4 Å². The minimum Gasteiger partial charge on any atom is -0.462 e. The van der Waals surface area contributed by atoms with E-state index in [0.717, 1.165) is 0 Å². The molecule has 0 radical (unpaired) electrons. The normalized spacial score (nSPS) is 14.9. The number of allylic oxidation sites excluding steroid dienone is 1. The number of amides is 4. The van der Waals surface area contributed by atoms with Gasteiger partial charge in [-0.1, -0.05) is 19.1 Å². The number of carbonyl (C=O) groups excluding carboxylic acids is 4. The van der Waals surface area contributed by atoms with Gasteiger partial charge in [-0.15, -0.1) is 0 Å². The van der Waals surface area contributed by atoms with E-state index in [1.807, 2.05) is 6.92 Å². The number of carbonyl (C=O) groups is 4. The number of rotatable bonds is 11. The Morgan fingerprint density at radius 1 is 0.949 bits per heavy atom. The average Bonchev–Trinajstić information content (AvgIpc) is 2.91. The standard InChI is InChI=1S/C28H34N4O7/c1-5-14-32-18(3)23(26(34)39-16-15-37-4)24(31-28(32)36)20-8-7-9-22(17-20)30-27(35)29-21-12-10-19(11-13-21)25(33)38-6-2/h7-13,17,24H,5-6,14-16H2,1-4H3,(H,31,36)(H2,29,30,35). The predicted octanol–water partition coefficient (Wildman–Crippen LogP) is 4.45. The van der Waals surface area contributed by atoms with Crippen LogP contribution in [0.1, 0.15) is 49.2 Å². The number of benzene rings is 2. The molecule has 1 atom stereocenters. The van der Waals surface area contributed by atoms with Crippen LogP contribution in [0.25, 0.3) is 0 Å². The molecular weight excluding hydrogens is 504 g/mol. The molecule has 1 aliphatic heterocycles. The Bertz CT molecular complexity index is 1230. The van der Waals surface area contributed by atoms with Gasteiger partial charge in [-0.3, -0.25) is 4.90 Å². The number of hydrogen-bond donors (Lipinski definition) is 3. The van der Waals surface area contributed by atoms with E-state index in [1.54, 1.807) is 62.4 Å². The highest BCUT2D eigenvalue weighted by molar-refractivity contribution is 6.00. The molecule has 1 heterocycles. The van der Waals surface area contributed by atoms with Crippen LogP contribution < -0.4 is 16.0 Å². The van der Waals surface area contributed by atoms with Crippen molar-refractivity contribution in [3.63, 3.8) is 0 Å². The van der Waals surface area contributed by atoms with E-state index in [2.05, 4.69) is 16.0 Å². The molecule has 0 saturated heterocycles. The summed E-state index contributed by atoms with van der Waals surface area (Å²) in [6.07, 6.45) is 0.710. The molecule has 1 aliphatic rings. The van der Waals surface area contributed by atoms with Crippen LogP contribution in [0.3, 0.4) is 0 Å². The van der Waals surface area contributed by atoms with Gasteiger partial charge in [-0.2, -0.15) is 0 Å². The second-order valence-corrected chi connectivity index (χ2v) is 8.66. The number of esters is 2. The number of nitrogens with one attached hydrogen (secondary N) is 3. The Hall–Kier alpha value is -4.38. The van der Waals surface area contributed by atoms with Gasteiger partial charge in [0.2, 0.25) is 0 Å². The second kappa shape index (κ2) is 14.0. The van der Waals surface area contributed by atoms with Crippen molar-refractivity contribution in [2.45, 2.75) is 33.2 Å². The van der Waals surface area contributed by atoms with Crippen molar-refractivity contribution in [1.82, 2.24) is 10.2 Å². The van der Waals surface area contributed by atoms with Gasteiger partial charge in [0.15, 0.2) is 0 Å². The van der Waals surface area contributed by atoms with E-state index in [9.17, 15) is 19.2 Å². The Balaban J connectivity index is 1.78. The fourth-order valence-electron chi connectivity index (χ4n) is 4.08. The Labute approximate surface area is 227 Å². The largest absolute Gasteiger partial charge is 0.462 e. The smallest absolute Gasteiger partial charge is 0.338 e. The van der Waals surface area contributed by atoms with Crippen molar-refractivity contribution < 1.29 is 33.4 Å². The monoisotopic (exact) mass is 538 g/mol. The van der Waals surface area contributed by atoms with Crippen LogP contribution in [0.15, 0.2) is 59.8 Å². The van der Waals surface area contributed by atoms with E-state index < -0.39 is 24.0 Å². The first kappa shape index (κ1) is 29.2. The Morgan fingerprint density at radius 3 is 2.33 bits per heavy atom. The number of hydrogen-bond acceptors (Lipinski definition) is 7. The van der Waals surface area contributed by atoms with Gasteiger partial charge in [0.1, 0.15) is 6.61 Å². The molecule has 11 heteroatoms. The molecule has 0 aliphatic carbocycles. The van der Waals surface area contributed by atoms with Crippen molar-refractivity contribution in [3.8, 4) is 0 Å². The quantitative estimate of drug-likeness (QED) is 0.284. The molecule has 39 heavy (non-hydrogen) atoms. The molecule has 0 aromatic heterocycles. The number of anilines is 2. The summed E-state index contributed by atoms with van der Waals surface area (Å²) in [6, 6.07) is 11.5. The third-order valence-corrected chi connectivity index (χ3v) is 5.92. The third-order valence-electron chi connectivity index (χ3n) is 5.92. The van der Waals surface area contributed by atoms with Crippen LogP contribution in [-0.2, 0) is 19.0 Å². The summed E-state index contributed by atoms with van der Waals surface area (Å²) in [6.45, 7) is 6.42. The second-order valence-electron chi connectivity index (χ2n) is 8.66. The Morgan fingerprint density at radius 2 is 1.67 bits per heavy atom. The molecular formula is C28H34N4O7. The molecule has 1 unspecified atom stereocenters. The fraction of sp³-hybridized carbons (Fsp3) is 0.357. The first-order chi connectivity index (χ1) is 18.8. The zero-order chi connectivity index (χ0) is 28.4. The molecule has 11 nitrogen and oxygen atoms in total. The highest BCUT2D eigenvalue weighted by atomic mass is 16.6. The average molecular weight is 539 g/mol. The maximum Gasteiger partial charge on any atom is 0.338 e. The van der Waals surface area contributed by atoms with Crippen molar-refractivity contribution in [1.29, 1.82) is 0 Å². The Kier molecular flexibility index (Phi) is 10.4. The lowest BCUT2D eigenvalue weighted by molar-refractivity contribution is -0.140. The van der Waals surface area contributed by atoms with Crippen LogP contribution in [0.2, 0.25) is 0 Å². The third kappa shape index (κ3) is 7.57. The minimum absolute atomic E-state index is 0.0725. The molecule has 3 N–H and O–H groups in total. The summed E-state index contributed by atoms with van der Waals surface area (Å²) >= 11 is 0. The summed E-state index contributed by atoms with van der Waals surface area (Å²) in [5, 5.41) is 8.35. The van der Waals surface area contributed by atoms with E-state index >= 15 is 0 Å². The molecule has 0 saturated carbocycles. The van der Waals surface area contributed by atoms with Crippen molar-refractivity contribution in [2.24, 2.45) is 0 Å². The maximum absolute atomic E-state index is 13.1. The van der Waals surface area contributed by atoms with Crippen molar-refractivity contribution in [2.75, 3.05) is 44.1 Å². The lowest BCUT2D eigenvalue weighted by Crippen LogP contribution is -2.48. The molecule has 0 fully saturated rings. The first-order valence-electron chi connectivity index (χ1n) is 12.7. The SMILES string of the molecule is CCCN1C(=O)NC(c2cccc(NC(=O)Nc3ccc(C(=O)OCC)cc3)c2)C(C(=O)OCCOC)=C1C. The van der Waals surface area contributed by atoms with Gasteiger partial charge < -0.3 is 30.2 Å².